The zero-order valence-corrected chi connectivity index (χ0v) is 21.8. The summed E-state index contributed by atoms with van der Waals surface area (Å²) in [5.74, 6) is 1.23. The molecule has 4 bridgehead atoms. The molecule has 1 aromatic rings. The van der Waals surface area contributed by atoms with Gasteiger partial charge in [-0.15, -0.1) is 0 Å². The first-order valence-electron chi connectivity index (χ1n) is 12.6. The number of benzene rings is 1. The standard InChI is InChI=1S/C28H36N2O5/c1-16(29-35-24(31)25(2,3)4)18-15-26-10-11-28(18,33-7)23-27(26)12-13-30(5)20(26)14-17-8-9-19(32-6)22(34-23)21(17)27/h8-11,18,20,23H,12-15H2,1-7H3/b29-16+/t18?,20-,23-,26-,27+,28-/m1/s1. The molecule has 1 aromatic carbocycles. The van der Waals surface area contributed by atoms with Crippen LogP contribution in [-0.2, 0) is 26.2 Å². The molecule has 0 radical (unpaired) electrons. The fourth-order valence-corrected chi connectivity index (χ4v) is 7.99. The van der Waals surface area contributed by atoms with Gasteiger partial charge in [0.25, 0.3) is 0 Å². The lowest BCUT2D eigenvalue weighted by Gasteiger charge is -2.71. The van der Waals surface area contributed by atoms with Crippen LogP contribution in [0.25, 0.3) is 0 Å². The summed E-state index contributed by atoms with van der Waals surface area (Å²) in [4.78, 5) is 20.4. The summed E-state index contributed by atoms with van der Waals surface area (Å²) < 4.78 is 19.1. The third-order valence-corrected chi connectivity index (χ3v) is 9.67. The molecule has 0 aromatic heterocycles. The van der Waals surface area contributed by atoms with Crippen LogP contribution >= 0.6 is 0 Å². The highest BCUT2D eigenvalue weighted by molar-refractivity contribution is 5.88. The van der Waals surface area contributed by atoms with Crippen molar-refractivity contribution in [2.24, 2.45) is 21.9 Å². The third kappa shape index (κ3) is 2.58. The zero-order chi connectivity index (χ0) is 25.0. The van der Waals surface area contributed by atoms with E-state index in [1.807, 2.05) is 33.8 Å². The first kappa shape index (κ1) is 23.0. The zero-order valence-electron chi connectivity index (χ0n) is 21.8. The highest BCUT2D eigenvalue weighted by atomic mass is 16.7. The number of methoxy groups -OCH3 is 2. The van der Waals surface area contributed by atoms with E-state index >= 15 is 0 Å². The molecule has 6 aliphatic rings. The molecule has 2 heterocycles. The summed E-state index contributed by atoms with van der Waals surface area (Å²) in [6.45, 7) is 8.46. The summed E-state index contributed by atoms with van der Waals surface area (Å²) in [5.41, 5.74) is 1.78. The van der Waals surface area contributed by atoms with Crippen molar-refractivity contribution in [1.29, 1.82) is 0 Å². The van der Waals surface area contributed by atoms with Gasteiger partial charge >= 0.3 is 5.97 Å². The number of likely N-dealkylation sites (tertiary alicyclic amines) is 1. The molecule has 2 fully saturated rings. The number of nitrogens with zero attached hydrogens (tertiary/aromatic N) is 2. The number of oxime groups is 1. The average Bonchev–Trinajstić information content (AvgIpc) is 3.20. The van der Waals surface area contributed by atoms with Crippen molar-refractivity contribution in [2.75, 3.05) is 27.8 Å². The van der Waals surface area contributed by atoms with E-state index in [1.165, 1.54) is 11.1 Å². The quantitative estimate of drug-likeness (QED) is 0.282. The van der Waals surface area contributed by atoms with Crippen LogP contribution in [0.3, 0.4) is 0 Å². The SMILES string of the molecule is COc1ccc2c3c1O[C@@H]1[C@]34CCN(C)[C@H](C2)[C@]42C=C[C@@]1(OC)C(/C(C)=N/OC(=O)C(C)(C)C)C2. The summed E-state index contributed by atoms with van der Waals surface area (Å²) in [5, 5.41) is 4.37. The van der Waals surface area contributed by atoms with Gasteiger partial charge in [0.1, 0.15) is 11.7 Å². The van der Waals surface area contributed by atoms with Crippen molar-refractivity contribution >= 4 is 11.7 Å². The van der Waals surface area contributed by atoms with Crippen LogP contribution in [0.5, 0.6) is 11.5 Å². The van der Waals surface area contributed by atoms with Crippen LogP contribution < -0.4 is 9.47 Å². The molecule has 1 saturated carbocycles. The van der Waals surface area contributed by atoms with Crippen LogP contribution in [0, 0.1) is 16.7 Å². The van der Waals surface area contributed by atoms with E-state index in [9.17, 15) is 4.79 Å². The maximum Gasteiger partial charge on any atom is 0.340 e. The molecule has 35 heavy (non-hydrogen) atoms. The third-order valence-electron chi connectivity index (χ3n) is 9.67. The highest BCUT2D eigenvalue weighted by Crippen LogP contribution is 2.74. The van der Waals surface area contributed by atoms with E-state index in [2.05, 4.69) is 35.3 Å². The molecule has 7 rings (SSSR count). The maximum absolute atomic E-state index is 12.5. The Kier molecular flexibility index (Phi) is 4.67. The fourth-order valence-electron chi connectivity index (χ4n) is 7.99. The van der Waals surface area contributed by atoms with E-state index in [4.69, 9.17) is 19.0 Å². The Balaban J connectivity index is 1.53. The van der Waals surface area contributed by atoms with E-state index in [1.54, 1.807) is 14.2 Å². The smallest absolute Gasteiger partial charge is 0.340 e. The Morgan fingerprint density at radius 3 is 2.69 bits per heavy atom. The second-order valence-electron chi connectivity index (χ2n) is 12.1. The lowest BCUT2D eigenvalue weighted by Crippen LogP contribution is -2.79. The fraction of sp³-hybridized carbons (Fsp3) is 0.643. The van der Waals surface area contributed by atoms with Gasteiger partial charge in [0, 0.05) is 30.0 Å². The van der Waals surface area contributed by atoms with Gasteiger partial charge < -0.3 is 23.9 Å². The normalized spacial score (nSPS) is 38.7. The molecule has 7 nitrogen and oxygen atoms in total. The predicted molar refractivity (Wildman–Crippen MR) is 132 cm³/mol. The molecule has 4 aliphatic carbocycles. The Morgan fingerprint density at radius 1 is 1.23 bits per heavy atom. The number of carbonyl (C=O) groups excluding carboxylic acids is 1. The van der Waals surface area contributed by atoms with E-state index in [-0.39, 0.29) is 28.8 Å². The highest BCUT2D eigenvalue weighted by Gasteiger charge is 2.79. The second-order valence-corrected chi connectivity index (χ2v) is 12.1. The lowest BCUT2D eigenvalue weighted by molar-refractivity contribution is -0.201. The van der Waals surface area contributed by atoms with Crippen molar-refractivity contribution in [3.8, 4) is 11.5 Å². The molecular weight excluding hydrogens is 444 g/mol. The number of hydrogen-bond acceptors (Lipinski definition) is 7. The van der Waals surface area contributed by atoms with Crippen molar-refractivity contribution in [3.63, 3.8) is 0 Å². The van der Waals surface area contributed by atoms with Gasteiger partial charge in [0.15, 0.2) is 11.5 Å². The van der Waals surface area contributed by atoms with E-state index in [0.717, 1.165) is 43.0 Å². The molecule has 6 atom stereocenters. The Morgan fingerprint density at radius 2 is 2.00 bits per heavy atom. The molecule has 1 saturated heterocycles. The predicted octanol–water partition coefficient (Wildman–Crippen LogP) is 3.88. The van der Waals surface area contributed by atoms with Crippen LogP contribution in [0.4, 0.5) is 0 Å². The molecule has 7 heteroatoms. The number of rotatable bonds is 4. The first-order chi connectivity index (χ1) is 16.6. The summed E-state index contributed by atoms with van der Waals surface area (Å²) in [6, 6.07) is 4.61. The summed E-state index contributed by atoms with van der Waals surface area (Å²) >= 11 is 0. The van der Waals surface area contributed by atoms with Gasteiger partial charge in [-0.1, -0.05) is 23.4 Å². The Hall–Kier alpha value is -2.38. The van der Waals surface area contributed by atoms with Crippen LogP contribution in [0.1, 0.15) is 51.7 Å². The van der Waals surface area contributed by atoms with Crippen LogP contribution in [0.15, 0.2) is 29.4 Å². The molecule has 0 amide bonds. The lowest BCUT2D eigenvalue weighted by atomic mass is 9.37. The Labute approximate surface area is 207 Å². The molecule has 2 aliphatic heterocycles. The number of hydrogen-bond donors (Lipinski definition) is 0. The topological polar surface area (TPSA) is 69.6 Å². The van der Waals surface area contributed by atoms with Crippen molar-refractivity contribution in [1.82, 2.24) is 4.90 Å². The summed E-state index contributed by atoms with van der Waals surface area (Å²) in [6.07, 6.45) is 7.27. The summed E-state index contributed by atoms with van der Waals surface area (Å²) in [7, 11) is 5.72. The number of fused-ring (bicyclic) bond motifs is 1. The molecule has 1 unspecified atom stereocenters. The minimum Gasteiger partial charge on any atom is -0.493 e. The van der Waals surface area contributed by atoms with Gasteiger partial charge in [-0.05, 0) is 72.2 Å². The second kappa shape index (κ2) is 7.10. The Bertz CT molecular complexity index is 1170. The van der Waals surface area contributed by atoms with Gasteiger partial charge in [-0.2, -0.15) is 0 Å². The number of piperidine rings is 1. The molecular formula is C28H36N2O5. The van der Waals surface area contributed by atoms with Gasteiger partial charge in [-0.3, -0.25) is 0 Å². The van der Waals surface area contributed by atoms with Crippen molar-refractivity contribution in [3.05, 3.63) is 35.4 Å². The average molecular weight is 481 g/mol. The van der Waals surface area contributed by atoms with Crippen LogP contribution in [-0.4, -0.2) is 62.1 Å². The first-order valence-corrected chi connectivity index (χ1v) is 12.6. The number of carbonyl (C=O) groups is 1. The number of likely N-dealkylation sites (N-methyl/N-ethyl adjacent to an activating group) is 1. The van der Waals surface area contributed by atoms with E-state index < -0.39 is 11.0 Å². The van der Waals surface area contributed by atoms with Gasteiger partial charge in [-0.25, -0.2) is 4.79 Å². The monoisotopic (exact) mass is 480 g/mol. The largest absolute Gasteiger partial charge is 0.493 e. The molecule has 2 spiro atoms. The molecule has 0 N–H and O–H groups in total. The van der Waals surface area contributed by atoms with Gasteiger partial charge in [0.2, 0.25) is 0 Å². The molecule has 188 valence electrons. The van der Waals surface area contributed by atoms with Crippen LogP contribution in [0.2, 0.25) is 0 Å². The van der Waals surface area contributed by atoms with Gasteiger partial charge in [0.05, 0.1) is 23.7 Å². The van der Waals surface area contributed by atoms with E-state index in [0.29, 0.717) is 6.04 Å². The number of ether oxygens (including phenoxy) is 3. The maximum atomic E-state index is 12.5. The minimum atomic E-state index is -0.720. The minimum absolute atomic E-state index is 0.0840. The van der Waals surface area contributed by atoms with Crippen molar-refractivity contribution in [2.45, 2.75) is 70.1 Å². The van der Waals surface area contributed by atoms with Crippen molar-refractivity contribution < 1.29 is 23.8 Å².